The van der Waals surface area contributed by atoms with Gasteiger partial charge in [-0.2, -0.15) is 0 Å². The Morgan fingerprint density at radius 1 is 1.08 bits per heavy atom. The monoisotopic (exact) mass is 340 g/mol. The highest BCUT2D eigenvalue weighted by atomic mass is 16.2. The third kappa shape index (κ3) is 3.27. The quantitative estimate of drug-likeness (QED) is 0.837. The average molecular weight is 340 g/mol. The Balaban J connectivity index is 1.52. The molecule has 2 aromatic heterocycles. The van der Waals surface area contributed by atoms with Crippen molar-refractivity contribution in [1.29, 1.82) is 0 Å². The van der Waals surface area contributed by atoms with Gasteiger partial charge in [-0.1, -0.05) is 6.42 Å². The molecule has 0 saturated carbocycles. The van der Waals surface area contributed by atoms with Gasteiger partial charge in [-0.25, -0.2) is 4.98 Å². The predicted molar refractivity (Wildman–Crippen MR) is 92.2 cm³/mol. The third-order valence-corrected chi connectivity index (χ3v) is 5.21. The molecule has 1 amide bonds. The topological polar surface area (TPSA) is 76.8 Å². The zero-order valence-electron chi connectivity index (χ0n) is 14.7. The summed E-state index contributed by atoms with van der Waals surface area (Å²) in [5.74, 6) is 2.40. The van der Waals surface area contributed by atoms with Crippen LogP contribution in [-0.4, -0.2) is 48.6 Å². The molecule has 0 unspecified atom stereocenters. The lowest BCUT2D eigenvalue weighted by Gasteiger charge is -2.32. The summed E-state index contributed by atoms with van der Waals surface area (Å²) in [6.45, 7) is 4.33. The minimum absolute atomic E-state index is 0.0344. The number of hydrogen-bond donors (Lipinski definition) is 0. The fourth-order valence-corrected chi connectivity index (χ4v) is 3.85. The number of fused-ring (bicyclic) bond motifs is 1. The van der Waals surface area contributed by atoms with E-state index in [1.165, 1.54) is 19.3 Å². The molecule has 2 aliphatic heterocycles. The summed E-state index contributed by atoms with van der Waals surface area (Å²) in [6.07, 6.45) is 9.91. The normalized spacial score (nSPS) is 20.8. The SMILES string of the molecule is Cc1cnc(C(=O)N2CCC[C@H](c3nnc4n3CCCCC4)C2)cn1. The van der Waals surface area contributed by atoms with Gasteiger partial charge in [0.2, 0.25) is 0 Å². The van der Waals surface area contributed by atoms with Gasteiger partial charge in [-0.05, 0) is 32.6 Å². The van der Waals surface area contributed by atoms with Crippen LogP contribution in [0.4, 0.5) is 0 Å². The summed E-state index contributed by atoms with van der Waals surface area (Å²) in [6, 6.07) is 0. The van der Waals surface area contributed by atoms with Crippen LogP contribution < -0.4 is 0 Å². The van der Waals surface area contributed by atoms with Crippen LogP contribution in [0, 0.1) is 6.92 Å². The first-order valence-electron chi connectivity index (χ1n) is 9.22. The molecule has 0 radical (unpaired) electrons. The second kappa shape index (κ2) is 6.90. The maximum Gasteiger partial charge on any atom is 0.274 e. The highest BCUT2D eigenvalue weighted by molar-refractivity contribution is 5.92. The summed E-state index contributed by atoms with van der Waals surface area (Å²) >= 11 is 0. The molecule has 7 heteroatoms. The molecular formula is C18H24N6O. The first kappa shape index (κ1) is 16.2. The third-order valence-electron chi connectivity index (χ3n) is 5.21. The molecule has 25 heavy (non-hydrogen) atoms. The maximum absolute atomic E-state index is 12.8. The summed E-state index contributed by atoms with van der Waals surface area (Å²) < 4.78 is 2.30. The molecule has 1 saturated heterocycles. The average Bonchev–Trinajstić information content (AvgIpc) is 2.90. The van der Waals surface area contributed by atoms with Gasteiger partial charge in [0.25, 0.3) is 5.91 Å². The minimum atomic E-state index is -0.0344. The number of rotatable bonds is 2. The van der Waals surface area contributed by atoms with Gasteiger partial charge in [0.15, 0.2) is 0 Å². The molecule has 2 aliphatic rings. The Kier molecular flexibility index (Phi) is 4.46. The van der Waals surface area contributed by atoms with Crippen LogP contribution in [0.2, 0.25) is 0 Å². The van der Waals surface area contributed by atoms with E-state index in [2.05, 4.69) is 24.7 Å². The molecule has 7 nitrogen and oxygen atoms in total. The fraction of sp³-hybridized carbons (Fsp3) is 0.611. The van der Waals surface area contributed by atoms with E-state index < -0.39 is 0 Å². The Labute approximate surface area is 147 Å². The van der Waals surface area contributed by atoms with Crippen molar-refractivity contribution in [3.63, 3.8) is 0 Å². The summed E-state index contributed by atoms with van der Waals surface area (Å²) in [5, 5.41) is 8.91. The van der Waals surface area contributed by atoms with Crippen molar-refractivity contribution in [1.82, 2.24) is 29.6 Å². The second-order valence-electron chi connectivity index (χ2n) is 7.07. The maximum atomic E-state index is 12.8. The number of hydrogen-bond acceptors (Lipinski definition) is 5. The van der Waals surface area contributed by atoms with E-state index in [9.17, 15) is 4.79 Å². The number of piperidine rings is 1. The van der Waals surface area contributed by atoms with E-state index in [0.717, 1.165) is 49.7 Å². The fourth-order valence-electron chi connectivity index (χ4n) is 3.85. The lowest BCUT2D eigenvalue weighted by molar-refractivity contribution is 0.0696. The highest BCUT2D eigenvalue weighted by Crippen LogP contribution is 2.28. The van der Waals surface area contributed by atoms with Crippen LogP contribution in [0.25, 0.3) is 0 Å². The van der Waals surface area contributed by atoms with Crippen molar-refractivity contribution in [2.24, 2.45) is 0 Å². The van der Waals surface area contributed by atoms with Crippen LogP contribution in [-0.2, 0) is 13.0 Å². The minimum Gasteiger partial charge on any atom is -0.337 e. The van der Waals surface area contributed by atoms with Crippen LogP contribution in [0.5, 0.6) is 0 Å². The van der Waals surface area contributed by atoms with Crippen molar-refractivity contribution < 1.29 is 4.79 Å². The van der Waals surface area contributed by atoms with E-state index in [1.54, 1.807) is 12.4 Å². The largest absolute Gasteiger partial charge is 0.337 e. The smallest absolute Gasteiger partial charge is 0.274 e. The molecule has 0 bridgehead atoms. The van der Waals surface area contributed by atoms with E-state index >= 15 is 0 Å². The van der Waals surface area contributed by atoms with Crippen molar-refractivity contribution >= 4 is 5.91 Å². The first-order valence-corrected chi connectivity index (χ1v) is 9.22. The molecular weight excluding hydrogens is 316 g/mol. The Morgan fingerprint density at radius 3 is 2.84 bits per heavy atom. The predicted octanol–water partition coefficient (Wildman–Crippen LogP) is 2.12. The lowest BCUT2D eigenvalue weighted by Crippen LogP contribution is -2.40. The van der Waals surface area contributed by atoms with Gasteiger partial charge in [-0.3, -0.25) is 9.78 Å². The highest BCUT2D eigenvalue weighted by Gasteiger charge is 2.30. The van der Waals surface area contributed by atoms with Crippen molar-refractivity contribution in [2.45, 2.75) is 57.9 Å². The number of aromatic nitrogens is 5. The summed E-state index contributed by atoms with van der Waals surface area (Å²) in [4.78, 5) is 23.1. The van der Waals surface area contributed by atoms with E-state index in [0.29, 0.717) is 12.2 Å². The van der Waals surface area contributed by atoms with E-state index in [-0.39, 0.29) is 11.8 Å². The molecule has 132 valence electrons. The molecule has 1 fully saturated rings. The number of carbonyl (C=O) groups excluding carboxylic acids is 1. The van der Waals surface area contributed by atoms with Gasteiger partial charge >= 0.3 is 0 Å². The van der Waals surface area contributed by atoms with Gasteiger partial charge in [0.1, 0.15) is 17.3 Å². The number of aryl methyl sites for hydroxylation is 2. The molecule has 2 aromatic rings. The van der Waals surface area contributed by atoms with Crippen molar-refractivity contribution in [3.05, 3.63) is 35.4 Å². The van der Waals surface area contributed by atoms with Gasteiger partial charge < -0.3 is 9.47 Å². The lowest BCUT2D eigenvalue weighted by atomic mass is 9.96. The number of likely N-dealkylation sites (tertiary alicyclic amines) is 1. The number of carbonyl (C=O) groups is 1. The molecule has 4 rings (SSSR count). The Hall–Kier alpha value is -2.31. The molecule has 1 atom stereocenters. The van der Waals surface area contributed by atoms with Gasteiger partial charge in [0.05, 0.1) is 11.9 Å². The molecule has 0 spiro atoms. The molecule has 0 aromatic carbocycles. The summed E-state index contributed by atoms with van der Waals surface area (Å²) in [5.41, 5.74) is 1.24. The van der Waals surface area contributed by atoms with Crippen LogP contribution >= 0.6 is 0 Å². The number of amides is 1. The van der Waals surface area contributed by atoms with Crippen LogP contribution in [0.15, 0.2) is 12.4 Å². The standard InChI is InChI=1S/C18H24N6O/c1-13-10-20-15(11-19-13)18(25)23-8-5-6-14(12-23)17-22-21-16-7-3-2-4-9-24(16)17/h10-11,14H,2-9,12H2,1H3/t14-/m0/s1. The van der Waals surface area contributed by atoms with Crippen LogP contribution in [0.1, 0.15) is 65.9 Å². The van der Waals surface area contributed by atoms with Gasteiger partial charge in [-0.15, -0.1) is 10.2 Å². The van der Waals surface area contributed by atoms with Crippen LogP contribution in [0.3, 0.4) is 0 Å². The van der Waals surface area contributed by atoms with E-state index in [4.69, 9.17) is 0 Å². The molecule has 0 aliphatic carbocycles. The van der Waals surface area contributed by atoms with Crippen molar-refractivity contribution in [2.75, 3.05) is 13.1 Å². The van der Waals surface area contributed by atoms with E-state index in [1.807, 2.05) is 11.8 Å². The van der Waals surface area contributed by atoms with Gasteiger partial charge in [0, 0.05) is 38.2 Å². The molecule has 4 heterocycles. The Bertz CT molecular complexity index is 753. The zero-order valence-corrected chi connectivity index (χ0v) is 14.7. The van der Waals surface area contributed by atoms with Crippen molar-refractivity contribution in [3.8, 4) is 0 Å². The first-order chi connectivity index (χ1) is 12.2. The number of nitrogens with zero attached hydrogens (tertiary/aromatic N) is 6. The Morgan fingerprint density at radius 2 is 2.00 bits per heavy atom. The second-order valence-corrected chi connectivity index (χ2v) is 7.07. The zero-order chi connectivity index (χ0) is 17.2. The molecule has 0 N–H and O–H groups in total. The summed E-state index contributed by atoms with van der Waals surface area (Å²) in [7, 11) is 0.